The Morgan fingerprint density at radius 3 is 2.62 bits per heavy atom. The third-order valence-corrected chi connectivity index (χ3v) is 3.02. The van der Waals surface area contributed by atoms with Crippen molar-refractivity contribution in [1.29, 1.82) is 0 Å². The number of nitrogen functional groups attached to an aromatic ring is 1. The molecule has 0 aliphatic heterocycles. The lowest BCUT2D eigenvalue weighted by atomic mass is 10.1. The number of ketones is 1. The van der Waals surface area contributed by atoms with Crippen LogP contribution in [0.25, 0.3) is 0 Å². The van der Waals surface area contributed by atoms with Crippen molar-refractivity contribution >= 4 is 22.8 Å². The van der Waals surface area contributed by atoms with Crippen molar-refractivity contribution in [2.45, 2.75) is 12.8 Å². The van der Waals surface area contributed by atoms with Gasteiger partial charge in [-0.1, -0.05) is 12.1 Å². The van der Waals surface area contributed by atoms with Crippen LogP contribution in [0.3, 0.4) is 0 Å². The molecule has 0 atom stereocenters. The maximum Gasteiger partial charge on any atom is 0.142 e. The largest absolute Gasteiger partial charge is 0.399 e. The van der Waals surface area contributed by atoms with Crippen molar-refractivity contribution in [2.75, 3.05) is 5.73 Å². The zero-order chi connectivity index (χ0) is 11.4. The van der Waals surface area contributed by atoms with E-state index < -0.39 is 0 Å². The van der Waals surface area contributed by atoms with Gasteiger partial charge in [0.2, 0.25) is 0 Å². The molecule has 0 bridgehead atoms. The first kappa shape index (κ1) is 10.8. The van der Waals surface area contributed by atoms with E-state index in [2.05, 4.69) is 4.98 Å². The van der Waals surface area contributed by atoms with Gasteiger partial charge in [0.15, 0.2) is 0 Å². The molecule has 82 valence electrons. The summed E-state index contributed by atoms with van der Waals surface area (Å²) in [5.74, 6) is 0.203. The molecule has 0 spiro atoms. The summed E-state index contributed by atoms with van der Waals surface area (Å²) >= 11 is 1.51. The molecular formula is C12H12N2OS. The summed E-state index contributed by atoms with van der Waals surface area (Å²) in [4.78, 5) is 16.7. The first-order valence-corrected chi connectivity index (χ1v) is 5.85. The number of anilines is 1. The lowest BCUT2D eigenvalue weighted by Gasteiger charge is -2.00. The van der Waals surface area contributed by atoms with Crippen molar-refractivity contribution in [1.82, 2.24) is 4.98 Å². The minimum atomic E-state index is 0.203. The first-order valence-electron chi connectivity index (χ1n) is 4.97. The smallest absolute Gasteiger partial charge is 0.142 e. The Labute approximate surface area is 97.9 Å². The monoisotopic (exact) mass is 232 g/mol. The van der Waals surface area contributed by atoms with Crippen LogP contribution in [0.4, 0.5) is 5.69 Å². The minimum Gasteiger partial charge on any atom is -0.399 e. The average molecular weight is 232 g/mol. The molecule has 0 fully saturated rings. The quantitative estimate of drug-likeness (QED) is 0.821. The summed E-state index contributed by atoms with van der Waals surface area (Å²) in [6.07, 6.45) is 2.67. The second-order valence-electron chi connectivity index (χ2n) is 3.60. The highest BCUT2D eigenvalue weighted by molar-refractivity contribution is 7.09. The highest BCUT2D eigenvalue weighted by atomic mass is 32.1. The van der Waals surface area contributed by atoms with Crippen molar-refractivity contribution in [3.8, 4) is 0 Å². The number of rotatable bonds is 4. The Balaban J connectivity index is 1.95. The van der Waals surface area contributed by atoms with E-state index in [4.69, 9.17) is 5.73 Å². The molecule has 0 saturated carbocycles. The topological polar surface area (TPSA) is 56.0 Å². The number of hydrogen-bond acceptors (Lipinski definition) is 4. The molecule has 0 radical (unpaired) electrons. The predicted molar refractivity (Wildman–Crippen MR) is 65.4 cm³/mol. The van der Waals surface area contributed by atoms with Crippen LogP contribution in [0.15, 0.2) is 36.0 Å². The van der Waals surface area contributed by atoms with Gasteiger partial charge in [-0.15, -0.1) is 11.3 Å². The summed E-state index contributed by atoms with van der Waals surface area (Å²) in [5, 5.41) is 0. The SMILES string of the molecule is Nc1ccc(CC(=O)Cc2cncs2)cc1. The van der Waals surface area contributed by atoms with Gasteiger partial charge in [-0.05, 0) is 17.7 Å². The fraction of sp³-hybridized carbons (Fsp3) is 0.167. The molecule has 4 heteroatoms. The van der Waals surface area contributed by atoms with Gasteiger partial charge in [-0.2, -0.15) is 0 Å². The number of thiazole rings is 1. The van der Waals surface area contributed by atoms with Crippen LogP contribution in [0.1, 0.15) is 10.4 Å². The van der Waals surface area contributed by atoms with Crippen molar-refractivity contribution in [3.05, 3.63) is 46.4 Å². The summed E-state index contributed by atoms with van der Waals surface area (Å²) in [6.45, 7) is 0. The molecule has 0 aliphatic rings. The van der Waals surface area contributed by atoms with Crippen molar-refractivity contribution < 1.29 is 4.79 Å². The number of nitrogens with two attached hydrogens (primary N) is 1. The van der Waals surface area contributed by atoms with Crippen LogP contribution in [0.2, 0.25) is 0 Å². The Bertz CT molecular complexity index is 462. The first-order chi connectivity index (χ1) is 7.74. The second kappa shape index (κ2) is 4.90. The summed E-state index contributed by atoms with van der Waals surface area (Å²) in [6, 6.07) is 7.41. The fourth-order valence-corrected chi connectivity index (χ4v) is 2.07. The third kappa shape index (κ3) is 2.90. The molecule has 2 N–H and O–H groups in total. The van der Waals surface area contributed by atoms with Gasteiger partial charge in [-0.25, -0.2) is 0 Å². The Kier molecular flexibility index (Phi) is 3.31. The van der Waals surface area contributed by atoms with Crippen molar-refractivity contribution in [3.63, 3.8) is 0 Å². The standard InChI is InChI=1S/C12H12N2OS/c13-10-3-1-9(2-4-10)5-11(15)6-12-7-14-8-16-12/h1-4,7-8H,5-6,13H2. The van der Waals surface area contributed by atoms with Crippen LogP contribution < -0.4 is 5.73 Å². The number of carbonyl (C=O) groups is 1. The molecule has 3 nitrogen and oxygen atoms in total. The van der Waals surface area contributed by atoms with E-state index in [0.29, 0.717) is 12.8 Å². The van der Waals surface area contributed by atoms with Gasteiger partial charge >= 0.3 is 0 Å². The molecule has 2 rings (SSSR count). The molecule has 1 heterocycles. The highest BCUT2D eigenvalue weighted by Gasteiger charge is 2.06. The number of carbonyl (C=O) groups excluding carboxylic acids is 1. The Morgan fingerprint density at radius 2 is 2.00 bits per heavy atom. The van der Waals surface area contributed by atoms with Crippen molar-refractivity contribution in [2.24, 2.45) is 0 Å². The van der Waals surface area contributed by atoms with E-state index in [-0.39, 0.29) is 5.78 Å². The maximum absolute atomic E-state index is 11.7. The van der Waals surface area contributed by atoms with Crippen LogP contribution in [-0.2, 0) is 17.6 Å². The van der Waals surface area contributed by atoms with E-state index in [1.807, 2.05) is 24.3 Å². The van der Waals surface area contributed by atoms with Crippen LogP contribution in [0.5, 0.6) is 0 Å². The van der Waals surface area contributed by atoms with E-state index in [1.165, 1.54) is 11.3 Å². The third-order valence-electron chi connectivity index (χ3n) is 2.24. The normalized spacial score (nSPS) is 10.2. The van der Waals surface area contributed by atoms with Crippen LogP contribution >= 0.6 is 11.3 Å². The van der Waals surface area contributed by atoms with Gasteiger partial charge < -0.3 is 5.73 Å². The van der Waals surface area contributed by atoms with Crippen LogP contribution in [0, 0.1) is 0 Å². The van der Waals surface area contributed by atoms with Gasteiger partial charge in [0.05, 0.1) is 5.51 Å². The lowest BCUT2D eigenvalue weighted by Crippen LogP contribution is -2.05. The minimum absolute atomic E-state index is 0.203. The zero-order valence-electron chi connectivity index (χ0n) is 8.72. The summed E-state index contributed by atoms with van der Waals surface area (Å²) in [5.41, 5.74) is 9.04. The average Bonchev–Trinajstić information content (AvgIpc) is 2.74. The lowest BCUT2D eigenvalue weighted by molar-refractivity contribution is -0.117. The maximum atomic E-state index is 11.7. The number of nitrogens with zero attached hydrogens (tertiary/aromatic N) is 1. The van der Waals surface area contributed by atoms with E-state index >= 15 is 0 Å². The molecule has 2 aromatic rings. The summed E-state index contributed by atoms with van der Waals surface area (Å²) < 4.78 is 0. The Morgan fingerprint density at radius 1 is 1.25 bits per heavy atom. The van der Waals surface area contributed by atoms with E-state index in [9.17, 15) is 4.79 Å². The van der Waals surface area contributed by atoms with Gasteiger partial charge in [-0.3, -0.25) is 9.78 Å². The molecular weight excluding hydrogens is 220 g/mol. The molecule has 16 heavy (non-hydrogen) atoms. The number of Topliss-reactive ketones (excluding diaryl/α,β-unsaturated/α-hetero) is 1. The molecule has 0 saturated heterocycles. The molecule has 1 aromatic heterocycles. The number of benzene rings is 1. The second-order valence-corrected chi connectivity index (χ2v) is 4.57. The molecule has 0 amide bonds. The number of hydrogen-bond donors (Lipinski definition) is 1. The highest BCUT2D eigenvalue weighted by Crippen LogP contribution is 2.10. The zero-order valence-corrected chi connectivity index (χ0v) is 9.54. The van der Waals surface area contributed by atoms with Gasteiger partial charge in [0.25, 0.3) is 0 Å². The fourth-order valence-electron chi connectivity index (χ4n) is 1.45. The van der Waals surface area contributed by atoms with Gasteiger partial charge in [0, 0.05) is 29.6 Å². The summed E-state index contributed by atoms with van der Waals surface area (Å²) in [7, 11) is 0. The van der Waals surface area contributed by atoms with E-state index in [0.717, 1.165) is 16.1 Å². The van der Waals surface area contributed by atoms with Crippen LogP contribution in [-0.4, -0.2) is 10.8 Å². The molecule has 0 unspecified atom stereocenters. The number of aromatic nitrogens is 1. The van der Waals surface area contributed by atoms with Gasteiger partial charge in [0.1, 0.15) is 5.78 Å². The Hall–Kier alpha value is -1.68. The molecule has 0 aliphatic carbocycles. The predicted octanol–water partition coefficient (Wildman–Crippen LogP) is 2.08. The van der Waals surface area contributed by atoms with E-state index in [1.54, 1.807) is 11.7 Å². The molecule has 1 aromatic carbocycles.